The molecule has 84 valence electrons. The Morgan fingerprint density at radius 2 is 2.06 bits per heavy atom. The van der Waals surface area contributed by atoms with Gasteiger partial charge in [-0.2, -0.15) is 0 Å². The van der Waals surface area contributed by atoms with Crippen LogP contribution in [0.3, 0.4) is 0 Å². The lowest BCUT2D eigenvalue weighted by Gasteiger charge is -2.10. The Bertz CT molecular complexity index is 417. The number of benzene rings is 1. The Balaban J connectivity index is 2.02. The Hall–Kier alpha value is -2.11. The van der Waals surface area contributed by atoms with Crippen molar-refractivity contribution in [1.29, 1.82) is 0 Å². The van der Waals surface area contributed by atoms with Crippen LogP contribution in [0.5, 0.6) is 5.75 Å². The molecule has 0 unspecified atom stereocenters. The Morgan fingerprint density at radius 1 is 1.38 bits per heavy atom. The molecule has 0 aliphatic carbocycles. The molecule has 2 rings (SSSR count). The summed E-state index contributed by atoms with van der Waals surface area (Å²) in [4.78, 5) is 23.3. The van der Waals surface area contributed by atoms with Crippen LogP contribution in [0.4, 0.5) is 14.0 Å². The van der Waals surface area contributed by atoms with Crippen molar-refractivity contribution in [1.82, 2.24) is 4.90 Å². The van der Waals surface area contributed by atoms with Gasteiger partial charge in [0.25, 0.3) is 0 Å². The van der Waals surface area contributed by atoms with Gasteiger partial charge in [0.2, 0.25) is 0 Å². The van der Waals surface area contributed by atoms with Gasteiger partial charge in [-0.05, 0) is 24.3 Å². The summed E-state index contributed by atoms with van der Waals surface area (Å²) < 4.78 is 22.0. The number of rotatable bonds is 1. The maximum absolute atomic E-state index is 12.6. The third-order valence-electron chi connectivity index (χ3n) is 2.00. The van der Waals surface area contributed by atoms with E-state index < -0.39 is 18.0 Å². The molecule has 1 aromatic rings. The first-order chi connectivity index (χ1) is 7.66. The van der Waals surface area contributed by atoms with E-state index in [4.69, 9.17) is 4.74 Å². The van der Waals surface area contributed by atoms with Crippen molar-refractivity contribution in [3.63, 3.8) is 0 Å². The fraction of sp³-hybridized carbons (Fsp3) is 0.200. The fourth-order valence-corrected chi connectivity index (χ4v) is 1.22. The highest BCUT2D eigenvalue weighted by molar-refractivity contribution is 5.89. The predicted octanol–water partition coefficient (Wildman–Crippen LogP) is 1.78. The summed E-state index contributed by atoms with van der Waals surface area (Å²) in [5.41, 5.74) is 0. The van der Waals surface area contributed by atoms with Gasteiger partial charge in [0, 0.05) is 0 Å². The van der Waals surface area contributed by atoms with E-state index in [0.29, 0.717) is 0 Å². The molecular formula is C10H8FNO4. The summed E-state index contributed by atoms with van der Waals surface area (Å²) in [5.74, 6) is -0.258. The van der Waals surface area contributed by atoms with Crippen LogP contribution in [0.1, 0.15) is 0 Å². The third kappa shape index (κ3) is 2.10. The minimum absolute atomic E-state index is 0.164. The smallest absolute Gasteiger partial charge is 0.424 e. The van der Waals surface area contributed by atoms with Crippen LogP contribution < -0.4 is 4.74 Å². The van der Waals surface area contributed by atoms with Crippen molar-refractivity contribution in [3.8, 4) is 5.75 Å². The molecule has 1 aromatic carbocycles. The van der Waals surface area contributed by atoms with Gasteiger partial charge >= 0.3 is 12.2 Å². The summed E-state index contributed by atoms with van der Waals surface area (Å²) in [5, 5.41) is 0. The number of carbonyl (C=O) groups excluding carboxylic acids is 2. The maximum atomic E-state index is 12.6. The van der Waals surface area contributed by atoms with E-state index in [1.807, 2.05) is 0 Å². The molecule has 16 heavy (non-hydrogen) atoms. The van der Waals surface area contributed by atoms with Crippen LogP contribution in [0.15, 0.2) is 24.3 Å². The number of hydrogen-bond donors (Lipinski definition) is 0. The van der Waals surface area contributed by atoms with E-state index >= 15 is 0 Å². The molecule has 0 bridgehead atoms. The van der Waals surface area contributed by atoms with Crippen LogP contribution in [0, 0.1) is 5.82 Å². The van der Waals surface area contributed by atoms with Crippen LogP contribution >= 0.6 is 0 Å². The minimum Gasteiger partial charge on any atom is -0.447 e. The summed E-state index contributed by atoms with van der Waals surface area (Å²) >= 11 is 0. The summed E-state index contributed by atoms with van der Waals surface area (Å²) in [6, 6.07) is 4.92. The van der Waals surface area contributed by atoms with Crippen LogP contribution in [0.2, 0.25) is 0 Å². The number of ether oxygens (including phenoxy) is 2. The van der Waals surface area contributed by atoms with Crippen molar-refractivity contribution in [2.45, 2.75) is 0 Å². The number of cyclic esters (lactones) is 1. The van der Waals surface area contributed by atoms with Gasteiger partial charge in [-0.1, -0.05) is 0 Å². The molecule has 1 aliphatic rings. The van der Waals surface area contributed by atoms with Gasteiger partial charge < -0.3 is 9.47 Å². The van der Waals surface area contributed by atoms with E-state index in [2.05, 4.69) is 4.74 Å². The topological polar surface area (TPSA) is 55.8 Å². The second-order valence-electron chi connectivity index (χ2n) is 3.09. The first-order valence-electron chi connectivity index (χ1n) is 4.58. The fourth-order valence-electron chi connectivity index (χ4n) is 1.22. The monoisotopic (exact) mass is 225 g/mol. The Kier molecular flexibility index (Phi) is 2.72. The van der Waals surface area contributed by atoms with E-state index in [1.54, 1.807) is 0 Å². The lowest BCUT2D eigenvalue weighted by molar-refractivity contribution is 0.143. The van der Waals surface area contributed by atoms with Gasteiger partial charge in [0.15, 0.2) is 0 Å². The summed E-state index contributed by atoms with van der Waals surface area (Å²) in [6.45, 7) is 0.330. The zero-order valence-corrected chi connectivity index (χ0v) is 8.18. The van der Waals surface area contributed by atoms with Gasteiger partial charge in [-0.15, -0.1) is 0 Å². The third-order valence-corrected chi connectivity index (χ3v) is 2.00. The highest BCUT2D eigenvalue weighted by Crippen LogP contribution is 2.14. The van der Waals surface area contributed by atoms with Gasteiger partial charge in [0.05, 0.1) is 6.54 Å². The van der Waals surface area contributed by atoms with Gasteiger partial charge in [-0.25, -0.2) is 18.9 Å². The van der Waals surface area contributed by atoms with Crippen molar-refractivity contribution in [2.24, 2.45) is 0 Å². The second-order valence-corrected chi connectivity index (χ2v) is 3.09. The molecule has 0 N–H and O–H groups in total. The molecule has 0 aromatic heterocycles. The summed E-state index contributed by atoms with van der Waals surface area (Å²) in [6.07, 6.45) is -1.55. The molecule has 1 fully saturated rings. The average Bonchev–Trinajstić information content (AvgIpc) is 2.68. The lowest BCUT2D eigenvalue weighted by atomic mass is 10.3. The number of imide groups is 1. The van der Waals surface area contributed by atoms with Gasteiger partial charge in [0.1, 0.15) is 18.2 Å². The highest BCUT2D eigenvalue weighted by atomic mass is 19.1. The molecule has 0 radical (unpaired) electrons. The Labute approximate surface area is 90.4 Å². The van der Waals surface area contributed by atoms with Gasteiger partial charge in [-0.3, -0.25) is 0 Å². The molecule has 1 saturated heterocycles. The van der Waals surface area contributed by atoms with Crippen molar-refractivity contribution < 1.29 is 23.5 Å². The molecule has 0 spiro atoms. The number of amides is 2. The van der Waals surface area contributed by atoms with Crippen LogP contribution in [-0.2, 0) is 4.74 Å². The summed E-state index contributed by atoms with van der Waals surface area (Å²) in [7, 11) is 0. The Morgan fingerprint density at radius 3 is 2.62 bits per heavy atom. The number of carbonyl (C=O) groups is 2. The van der Waals surface area contributed by atoms with Crippen LogP contribution in [0.25, 0.3) is 0 Å². The van der Waals surface area contributed by atoms with Crippen molar-refractivity contribution in [2.75, 3.05) is 13.2 Å². The second kappa shape index (κ2) is 4.18. The highest BCUT2D eigenvalue weighted by Gasteiger charge is 2.30. The molecule has 1 heterocycles. The first kappa shape index (κ1) is 10.4. The van der Waals surface area contributed by atoms with E-state index in [0.717, 1.165) is 17.0 Å². The molecule has 5 nitrogen and oxygen atoms in total. The molecule has 0 saturated carbocycles. The largest absolute Gasteiger partial charge is 0.447 e. The number of halogens is 1. The molecular weight excluding hydrogens is 217 g/mol. The zero-order chi connectivity index (χ0) is 11.5. The molecule has 2 amide bonds. The average molecular weight is 225 g/mol. The lowest BCUT2D eigenvalue weighted by Crippen LogP contribution is -2.34. The van der Waals surface area contributed by atoms with E-state index in [1.165, 1.54) is 12.1 Å². The SMILES string of the molecule is O=C1OCCN1C(=O)Oc1ccc(F)cc1. The van der Waals surface area contributed by atoms with Crippen molar-refractivity contribution >= 4 is 12.2 Å². The van der Waals surface area contributed by atoms with E-state index in [9.17, 15) is 14.0 Å². The van der Waals surface area contributed by atoms with Crippen molar-refractivity contribution in [3.05, 3.63) is 30.1 Å². The number of nitrogens with zero attached hydrogens (tertiary/aromatic N) is 1. The molecule has 1 aliphatic heterocycles. The van der Waals surface area contributed by atoms with E-state index in [-0.39, 0.29) is 18.9 Å². The normalized spacial score (nSPS) is 14.8. The first-order valence-corrected chi connectivity index (χ1v) is 4.58. The predicted molar refractivity (Wildman–Crippen MR) is 50.5 cm³/mol. The van der Waals surface area contributed by atoms with Crippen LogP contribution in [-0.4, -0.2) is 30.2 Å². The number of hydrogen-bond acceptors (Lipinski definition) is 4. The minimum atomic E-state index is -0.825. The zero-order valence-electron chi connectivity index (χ0n) is 8.18. The molecule has 6 heteroatoms. The maximum Gasteiger partial charge on any atom is 0.424 e. The molecule has 0 atom stereocenters. The quantitative estimate of drug-likeness (QED) is 0.730. The standard InChI is InChI=1S/C10H8FNO4/c11-7-1-3-8(4-2-7)16-10(14)12-5-6-15-9(12)13/h1-4H,5-6H2.